The van der Waals surface area contributed by atoms with Gasteiger partial charge in [0.2, 0.25) is 0 Å². The predicted molar refractivity (Wildman–Crippen MR) is 104 cm³/mol. The van der Waals surface area contributed by atoms with E-state index in [1.807, 2.05) is 24.3 Å². The Morgan fingerprint density at radius 3 is 2.93 bits per heavy atom. The Kier molecular flexibility index (Phi) is 4.27. The van der Waals surface area contributed by atoms with E-state index < -0.39 is 0 Å². The van der Waals surface area contributed by atoms with Crippen molar-refractivity contribution < 1.29 is 9.53 Å². The molecule has 0 saturated carbocycles. The molecule has 5 nitrogen and oxygen atoms in total. The number of halogens is 1. The zero-order valence-corrected chi connectivity index (χ0v) is 15.9. The number of anilines is 1. The van der Waals surface area contributed by atoms with Crippen LogP contribution in [0.1, 0.15) is 36.9 Å². The van der Waals surface area contributed by atoms with E-state index in [1.165, 1.54) is 5.56 Å². The first kappa shape index (κ1) is 17.0. The number of esters is 1. The van der Waals surface area contributed by atoms with Gasteiger partial charge in [-0.2, -0.15) is 0 Å². The van der Waals surface area contributed by atoms with E-state index in [4.69, 9.17) is 26.3 Å². The quantitative estimate of drug-likeness (QED) is 0.738. The fourth-order valence-corrected chi connectivity index (χ4v) is 4.87. The molecule has 3 heterocycles. The molecule has 1 aliphatic carbocycles. The zero-order chi connectivity index (χ0) is 18.4. The Hall–Kier alpha value is -2.14. The lowest BCUT2D eigenvalue weighted by molar-refractivity contribution is -0.150. The smallest absolute Gasteiger partial charge is 0.329 e. The molecule has 2 aliphatic heterocycles. The Balaban J connectivity index is 1.62. The molecule has 5 rings (SSSR count). The van der Waals surface area contributed by atoms with Gasteiger partial charge in [-0.15, -0.1) is 0 Å². The van der Waals surface area contributed by atoms with Crippen molar-refractivity contribution in [2.45, 2.75) is 44.6 Å². The fourth-order valence-electron chi connectivity index (χ4n) is 4.68. The van der Waals surface area contributed by atoms with Gasteiger partial charge < -0.3 is 9.64 Å². The third-order valence-corrected chi connectivity index (χ3v) is 6.25. The second-order valence-electron chi connectivity index (χ2n) is 7.66. The molecule has 0 bridgehead atoms. The summed E-state index contributed by atoms with van der Waals surface area (Å²) in [5.41, 5.74) is 3.25. The Labute approximate surface area is 163 Å². The van der Waals surface area contributed by atoms with Crippen LogP contribution in [0.25, 0.3) is 11.4 Å². The second kappa shape index (κ2) is 6.79. The van der Waals surface area contributed by atoms with E-state index in [1.54, 1.807) is 0 Å². The summed E-state index contributed by atoms with van der Waals surface area (Å²) in [5, 5.41) is 0.674. The summed E-state index contributed by atoms with van der Waals surface area (Å²) in [6.45, 7) is 1.40. The van der Waals surface area contributed by atoms with Crippen LogP contribution in [-0.2, 0) is 22.4 Å². The Morgan fingerprint density at radius 1 is 1.15 bits per heavy atom. The molecule has 2 saturated heterocycles. The lowest BCUT2D eigenvalue weighted by atomic mass is 9.93. The van der Waals surface area contributed by atoms with Gasteiger partial charge in [-0.25, -0.2) is 14.8 Å². The first-order chi connectivity index (χ1) is 13.2. The summed E-state index contributed by atoms with van der Waals surface area (Å²) >= 11 is 6.19. The fraction of sp³-hybridized carbons (Fsp3) is 0.476. The van der Waals surface area contributed by atoms with Gasteiger partial charge in [-0.3, -0.25) is 0 Å². The van der Waals surface area contributed by atoms with Crippen molar-refractivity contribution in [1.29, 1.82) is 0 Å². The van der Waals surface area contributed by atoms with E-state index >= 15 is 0 Å². The SMILES string of the molecule is O=C1OCC[C@H]2CCN(c3nc(-c4cccc(Cl)c4)nc4c3CCCC4)[C@H]12. The van der Waals surface area contributed by atoms with Crippen molar-refractivity contribution in [2.75, 3.05) is 18.1 Å². The minimum atomic E-state index is -0.202. The third-order valence-electron chi connectivity index (χ3n) is 6.01. The highest BCUT2D eigenvalue weighted by atomic mass is 35.5. The number of cyclic esters (lactones) is 1. The second-order valence-corrected chi connectivity index (χ2v) is 8.09. The number of hydrogen-bond acceptors (Lipinski definition) is 5. The lowest BCUT2D eigenvalue weighted by Crippen LogP contribution is -2.45. The van der Waals surface area contributed by atoms with Gasteiger partial charge in [0.1, 0.15) is 11.9 Å². The monoisotopic (exact) mass is 383 g/mol. The van der Waals surface area contributed by atoms with Gasteiger partial charge >= 0.3 is 5.97 Å². The van der Waals surface area contributed by atoms with Crippen molar-refractivity contribution in [1.82, 2.24) is 9.97 Å². The molecule has 2 aromatic rings. The summed E-state index contributed by atoms with van der Waals surface area (Å²) in [5.74, 6) is 1.90. The molecule has 140 valence electrons. The van der Waals surface area contributed by atoms with Crippen LogP contribution in [0.5, 0.6) is 0 Å². The maximum Gasteiger partial charge on any atom is 0.329 e. The van der Waals surface area contributed by atoms with E-state index in [0.717, 1.165) is 62.1 Å². The third kappa shape index (κ3) is 2.98. The van der Waals surface area contributed by atoms with Gasteiger partial charge in [-0.1, -0.05) is 23.7 Å². The molecule has 0 amide bonds. The standard InChI is InChI=1S/C21H22ClN3O2/c22-15-5-3-4-14(12-15)19-23-17-7-2-1-6-16(17)20(24-19)25-10-8-13-9-11-27-21(26)18(13)25/h3-5,12-13,18H,1-2,6-11H2/t13-,18+/m1/s1. The van der Waals surface area contributed by atoms with Crippen LogP contribution < -0.4 is 4.90 Å². The number of aryl methyl sites for hydroxylation is 1. The van der Waals surface area contributed by atoms with Crippen molar-refractivity contribution in [2.24, 2.45) is 5.92 Å². The highest BCUT2D eigenvalue weighted by Gasteiger charge is 2.44. The van der Waals surface area contributed by atoms with Crippen LogP contribution in [0.4, 0.5) is 5.82 Å². The van der Waals surface area contributed by atoms with E-state index in [0.29, 0.717) is 23.4 Å². The van der Waals surface area contributed by atoms with Crippen molar-refractivity contribution in [3.63, 3.8) is 0 Å². The zero-order valence-electron chi connectivity index (χ0n) is 15.2. The molecule has 0 unspecified atom stereocenters. The molecule has 6 heteroatoms. The number of benzene rings is 1. The lowest BCUT2D eigenvalue weighted by Gasteiger charge is -2.33. The van der Waals surface area contributed by atoms with Gasteiger partial charge in [-0.05, 0) is 56.6 Å². The number of carbonyl (C=O) groups is 1. The van der Waals surface area contributed by atoms with E-state index in [2.05, 4.69) is 4.90 Å². The number of ether oxygens (including phenoxy) is 1. The molecular weight excluding hydrogens is 362 g/mol. The number of aromatic nitrogens is 2. The minimum Gasteiger partial charge on any atom is -0.464 e. The van der Waals surface area contributed by atoms with Crippen LogP contribution in [0.3, 0.4) is 0 Å². The summed E-state index contributed by atoms with van der Waals surface area (Å²) in [6, 6.07) is 7.46. The molecule has 0 radical (unpaired) electrons. The summed E-state index contributed by atoms with van der Waals surface area (Å²) in [4.78, 5) is 24.5. The highest BCUT2D eigenvalue weighted by Crippen LogP contribution is 2.38. The Bertz CT molecular complexity index is 901. The average Bonchev–Trinajstić information content (AvgIpc) is 3.12. The van der Waals surface area contributed by atoms with Gasteiger partial charge in [0.25, 0.3) is 0 Å². The van der Waals surface area contributed by atoms with Crippen molar-refractivity contribution in [3.05, 3.63) is 40.5 Å². The number of rotatable bonds is 2. The Morgan fingerprint density at radius 2 is 2.04 bits per heavy atom. The molecule has 0 spiro atoms. The molecule has 2 atom stereocenters. The van der Waals surface area contributed by atoms with Gasteiger partial charge in [0.15, 0.2) is 5.82 Å². The van der Waals surface area contributed by atoms with Crippen LogP contribution in [0.15, 0.2) is 24.3 Å². The predicted octanol–water partition coefficient (Wildman–Crippen LogP) is 3.82. The van der Waals surface area contributed by atoms with Crippen molar-refractivity contribution >= 4 is 23.4 Å². The normalized spacial score (nSPS) is 24.3. The molecule has 1 aromatic carbocycles. The first-order valence-electron chi connectivity index (χ1n) is 9.80. The number of carbonyl (C=O) groups excluding carboxylic acids is 1. The summed E-state index contributed by atoms with van der Waals surface area (Å²) < 4.78 is 5.38. The van der Waals surface area contributed by atoms with Crippen molar-refractivity contribution in [3.8, 4) is 11.4 Å². The molecule has 1 aromatic heterocycles. The van der Waals surface area contributed by atoms with E-state index in [-0.39, 0.29) is 12.0 Å². The first-order valence-corrected chi connectivity index (χ1v) is 10.2. The van der Waals surface area contributed by atoms with Crippen LogP contribution >= 0.6 is 11.6 Å². The molecular formula is C21H22ClN3O2. The van der Waals surface area contributed by atoms with Gasteiger partial charge in [0, 0.05) is 28.4 Å². The molecule has 2 fully saturated rings. The topological polar surface area (TPSA) is 55.3 Å². The van der Waals surface area contributed by atoms with E-state index in [9.17, 15) is 4.79 Å². The number of hydrogen-bond donors (Lipinski definition) is 0. The minimum absolute atomic E-state index is 0.101. The number of nitrogens with zero attached hydrogens (tertiary/aromatic N) is 3. The highest BCUT2D eigenvalue weighted by molar-refractivity contribution is 6.30. The maximum atomic E-state index is 12.5. The average molecular weight is 384 g/mol. The van der Waals surface area contributed by atoms with Crippen LogP contribution in [0.2, 0.25) is 5.02 Å². The van der Waals surface area contributed by atoms with Crippen LogP contribution in [0, 0.1) is 5.92 Å². The summed E-state index contributed by atoms with van der Waals surface area (Å²) in [6.07, 6.45) is 6.19. The maximum absolute atomic E-state index is 12.5. The van der Waals surface area contributed by atoms with Gasteiger partial charge in [0.05, 0.1) is 6.61 Å². The summed E-state index contributed by atoms with van der Waals surface area (Å²) in [7, 11) is 0. The number of fused-ring (bicyclic) bond motifs is 2. The van der Waals surface area contributed by atoms with Crippen LogP contribution in [-0.4, -0.2) is 35.1 Å². The molecule has 3 aliphatic rings. The largest absolute Gasteiger partial charge is 0.464 e. The molecule has 0 N–H and O–H groups in total. The molecule has 27 heavy (non-hydrogen) atoms.